The maximum Gasteiger partial charge on any atom is 0.266 e. The predicted octanol–water partition coefficient (Wildman–Crippen LogP) is 2.88. The van der Waals surface area contributed by atoms with Crippen LogP contribution in [-0.2, 0) is 15.8 Å². The lowest BCUT2D eigenvalue weighted by molar-refractivity contribution is 0.0945. The van der Waals surface area contributed by atoms with Crippen molar-refractivity contribution in [1.82, 2.24) is 10.3 Å². The van der Waals surface area contributed by atoms with Gasteiger partial charge in [0.1, 0.15) is 5.75 Å². The highest BCUT2D eigenvalue weighted by molar-refractivity contribution is 7.88. The van der Waals surface area contributed by atoms with E-state index in [-0.39, 0.29) is 5.75 Å². The van der Waals surface area contributed by atoms with Gasteiger partial charge in [-0.25, -0.2) is 8.42 Å². The molecule has 0 fully saturated rings. The maximum absolute atomic E-state index is 12.1. The van der Waals surface area contributed by atoms with Gasteiger partial charge < -0.3 is 4.74 Å². The number of ether oxygens (including phenoxy) is 1. The van der Waals surface area contributed by atoms with Gasteiger partial charge >= 0.3 is 0 Å². The number of nitrogens with one attached hydrogen (secondary N) is 2. The van der Waals surface area contributed by atoms with Crippen LogP contribution in [0.5, 0.6) is 5.75 Å². The van der Waals surface area contributed by atoms with Crippen molar-refractivity contribution in [2.75, 3.05) is 6.61 Å². The minimum absolute atomic E-state index is 0.212. The molecule has 6 nitrogen and oxygen atoms in total. The summed E-state index contributed by atoms with van der Waals surface area (Å²) in [6.45, 7) is 4.85. The van der Waals surface area contributed by atoms with Crippen LogP contribution in [0.15, 0.2) is 54.6 Å². The van der Waals surface area contributed by atoms with E-state index in [1.54, 1.807) is 48.5 Å². The first-order valence-electron chi connectivity index (χ1n) is 8.42. The first kappa shape index (κ1) is 19.9. The molecule has 0 spiro atoms. The number of hydrogen-bond donors (Lipinski definition) is 2. The maximum atomic E-state index is 12.1. The van der Waals surface area contributed by atoms with Gasteiger partial charge in [-0.2, -0.15) is 0 Å². The number of sulfonamides is 1. The van der Waals surface area contributed by atoms with Crippen LogP contribution in [0, 0.1) is 5.92 Å². The second kappa shape index (κ2) is 9.35. The third-order valence-electron chi connectivity index (χ3n) is 3.60. The number of carbonyl (C=O) groups excluding carboxylic acids is 1. The first-order chi connectivity index (χ1) is 12.4. The molecular weight excluding hydrogens is 352 g/mol. The average molecular weight is 376 g/mol. The average Bonchev–Trinajstić information content (AvgIpc) is 2.60. The molecule has 0 aliphatic heterocycles. The molecule has 0 heterocycles. The summed E-state index contributed by atoms with van der Waals surface area (Å²) < 4.78 is 29.6. The molecule has 2 aromatic rings. The Morgan fingerprint density at radius 1 is 1.04 bits per heavy atom. The van der Waals surface area contributed by atoms with E-state index in [2.05, 4.69) is 24.1 Å². The van der Waals surface area contributed by atoms with Crippen molar-refractivity contribution >= 4 is 15.9 Å². The standard InChI is InChI=1S/C19H24N2O4S/c1-15(2)12-13-25-18-10-8-17(9-11-18)19(22)20-21-26(23,24)14-16-6-4-3-5-7-16/h3-11,15,21H,12-14H2,1-2H3,(H,20,22). The van der Waals surface area contributed by atoms with E-state index in [0.717, 1.165) is 6.42 Å². The number of hydrazine groups is 1. The molecule has 1 amide bonds. The molecule has 140 valence electrons. The van der Waals surface area contributed by atoms with E-state index in [0.29, 0.717) is 29.4 Å². The number of hydrogen-bond acceptors (Lipinski definition) is 4. The monoisotopic (exact) mass is 376 g/mol. The Hall–Kier alpha value is -2.38. The fourth-order valence-electron chi connectivity index (χ4n) is 2.14. The van der Waals surface area contributed by atoms with E-state index < -0.39 is 15.9 Å². The summed E-state index contributed by atoms with van der Waals surface area (Å²) in [5, 5.41) is 0. The van der Waals surface area contributed by atoms with E-state index in [4.69, 9.17) is 4.74 Å². The zero-order chi connectivity index (χ0) is 19.0. The Bertz CT molecular complexity index is 803. The zero-order valence-corrected chi connectivity index (χ0v) is 15.8. The molecule has 2 N–H and O–H groups in total. The molecule has 2 rings (SSSR count). The van der Waals surface area contributed by atoms with E-state index in [1.165, 1.54) is 0 Å². The largest absolute Gasteiger partial charge is 0.494 e. The summed E-state index contributed by atoms with van der Waals surface area (Å²) >= 11 is 0. The van der Waals surface area contributed by atoms with Gasteiger partial charge in [0.05, 0.1) is 12.4 Å². The fourth-order valence-corrected chi connectivity index (χ4v) is 3.09. The van der Waals surface area contributed by atoms with Gasteiger partial charge in [-0.1, -0.05) is 44.2 Å². The van der Waals surface area contributed by atoms with Crippen LogP contribution in [-0.4, -0.2) is 20.9 Å². The van der Waals surface area contributed by atoms with Crippen molar-refractivity contribution < 1.29 is 17.9 Å². The number of benzene rings is 2. The quantitative estimate of drug-likeness (QED) is 0.659. The molecular formula is C19H24N2O4S. The first-order valence-corrected chi connectivity index (χ1v) is 10.1. The van der Waals surface area contributed by atoms with Gasteiger partial charge in [0, 0.05) is 5.56 Å². The minimum Gasteiger partial charge on any atom is -0.494 e. The highest BCUT2D eigenvalue weighted by Gasteiger charge is 2.13. The topological polar surface area (TPSA) is 84.5 Å². The smallest absolute Gasteiger partial charge is 0.266 e. The van der Waals surface area contributed by atoms with Crippen LogP contribution in [0.1, 0.15) is 36.2 Å². The molecule has 0 bridgehead atoms. The number of rotatable bonds is 9. The Morgan fingerprint density at radius 2 is 1.69 bits per heavy atom. The minimum atomic E-state index is -3.67. The molecule has 7 heteroatoms. The van der Waals surface area contributed by atoms with Gasteiger partial charge in [-0.15, -0.1) is 4.83 Å². The van der Waals surface area contributed by atoms with Crippen molar-refractivity contribution in [2.24, 2.45) is 5.92 Å². The molecule has 0 saturated carbocycles. The van der Waals surface area contributed by atoms with Crippen LogP contribution >= 0.6 is 0 Å². The molecule has 0 aromatic heterocycles. The molecule has 0 saturated heterocycles. The van der Waals surface area contributed by atoms with Crippen molar-refractivity contribution in [1.29, 1.82) is 0 Å². The van der Waals surface area contributed by atoms with Crippen LogP contribution in [0.3, 0.4) is 0 Å². The molecule has 0 aliphatic rings. The van der Waals surface area contributed by atoms with Crippen molar-refractivity contribution in [3.05, 3.63) is 65.7 Å². The molecule has 0 aliphatic carbocycles. The second-order valence-corrected chi connectivity index (χ2v) is 8.08. The van der Waals surface area contributed by atoms with E-state index in [1.807, 2.05) is 6.07 Å². The van der Waals surface area contributed by atoms with Crippen LogP contribution in [0.4, 0.5) is 0 Å². The lowest BCUT2D eigenvalue weighted by Gasteiger charge is -2.10. The highest BCUT2D eigenvalue weighted by atomic mass is 32.2. The second-order valence-electron chi connectivity index (χ2n) is 6.36. The predicted molar refractivity (Wildman–Crippen MR) is 101 cm³/mol. The summed E-state index contributed by atoms with van der Waals surface area (Å²) in [7, 11) is -3.67. The summed E-state index contributed by atoms with van der Waals surface area (Å²) in [6.07, 6.45) is 0.950. The van der Waals surface area contributed by atoms with E-state index in [9.17, 15) is 13.2 Å². The third kappa shape index (κ3) is 6.85. The van der Waals surface area contributed by atoms with Gasteiger partial charge in [0.15, 0.2) is 0 Å². The fraction of sp³-hybridized carbons (Fsp3) is 0.316. The molecule has 0 radical (unpaired) electrons. The highest BCUT2D eigenvalue weighted by Crippen LogP contribution is 2.13. The van der Waals surface area contributed by atoms with Gasteiger partial charge in [0.2, 0.25) is 10.0 Å². The number of carbonyl (C=O) groups is 1. The lowest BCUT2D eigenvalue weighted by Crippen LogP contribution is -2.42. The summed E-state index contributed by atoms with van der Waals surface area (Å²) in [4.78, 5) is 14.2. The van der Waals surface area contributed by atoms with Gasteiger partial charge in [0.25, 0.3) is 5.91 Å². The molecule has 2 aromatic carbocycles. The Kier molecular flexibility index (Phi) is 7.17. The van der Waals surface area contributed by atoms with E-state index >= 15 is 0 Å². The normalized spacial score (nSPS) is 11.3. The number of amides is 1. The molecule has 0 unspecified atom stereocenters. The molecule has 26 heavy (non-hydrogen) atoms. The van der Waals surface area contributed by atoms with Crippen LogP contribution in [0.2, 0.25) is 0 Å². The summed E-state index contributed by atoms with van der Waals surface area (Å²) in [5.74, 6) is 0.489. The summed E-state index contributed by atoms with van der Waals surface area (Å²) in [5.41, 5.74) is 3.19. The zero-order valence-electron chi connectivity index (χ0n) is 14.9. The lowest BCUT2D eigenvalue weighted by atomic mass is 10.1. The van der Waals surface area contributed by atoms with Gasteiger partial charge in [-0.05, 0) is 42.2 Å². The Labute approximate surface area is 154 Å². The van der Waals surface area contributed by atoms with Crippen LogP contribution in [0.25, 0.3) is 0 Å². The molecule has 0 atom stereocenters. The Morgan fingerprint density at radius 3 is 2.31 bits per heavy atom. The SMILES string of the molecule is CC(C)CCOc1ccc(C(=O)NNS(=O)(=O)Cc2ccccc2)cc1. The van der Waals surface area contributed by atoms with Gasteiger partial charge in [-0.3, -0.25) is 10.2 Å². The third-order valence-corrected chi connectivity index (χ3v) is 4.73. The Balaban J connectivity index is 1.85. The summed E-state index contributed by atoms with van der Waals surface area (Å²) in [6, 6.07) is 15.3. The van der Waals surface area contributed by atoms with Crippen molar-refractivity contribution in [3.8, 4) is 5.75 Å². The van der Waals surface area contributed by atoms with Crippen molar-refractivity contribution in [2.45, 2.75) is 26.0 Å². The van der Waals surface area contributed by atoms with Crippen molar-refractivity contribution in [3.63, 3.8) is 0 Å². The van der Waals surface area contributed by atoms with Crippen LogP contribution < -0.4 is 15.0 Å².